The summed E-state index contributed by atoms with van der Waals surface area (Å²) in [5, 5.41) is 3.27. The highest BCUT2D eigenvalue weighted by Gasteiger charge is 2.18. The van der Waals surface area contributed by atoms with Gasteiger partial charge in [-0.15, -0.1) is 0 Å². The molecule has 66 valence electrons. The third-order valence-corrected chi connectivity index (χ3v) is 2.11. The topological polar surface area (TPSA) is 67.3 Å². The first-order valence-electron chi connectivity index (χ1n) is 4.18. The highest BCUT2D eigenvalue weighted by molar-refractivity contribution is 4.77. The summed E-state index contributed by atoms with van der Waals surface area (Å²) in [4.78, 5) is 2.22. The van der Waals surface area contributed by atoms with E-state index >= 15 is 0 Å². The minimum Gasteiger partial charge on any atom is -0.325 e. The molecule has 1 fully saturated rings. The molecule has 1 saturated heterocycles. The second-order valence-electron chi connectivity index (χ2n) is 3.14. The summed E-state index contributed by atoms with van der Waals surface area (Å²) in [5.74, 6) is 0. The Kier molecular flexibility index (Phi) is 3.26. The van der Waals surface area contributed by atoms with Crippen LogP contribution in [0.2, 0.25) is 0 Å². The summed E-state index contributed by atoms with van der Waals surface area (Å²) in [6.07, 6.45) is 0.0251. The van der Waals surface area contributed by atoms with Crippen LogP contribution in [-0.2, 0) is 0 Å². The predicted octanol–water partition coefficient (Wildman–Crippen LogP) is -1.48. The molecule has 2 atom stereocenters. The molecule has 5 N–H and O–H groups in total. The van der Waals surface area contributed by atoms with Crippen LogP contribution in [-0.4, -0.2) is 43.3 Å². The fraction of sp³-hybridized carbons (Fsp3) is 1.00. The molecule has 0 radical (unpaired) electrons. The molecule has 1 rings (SSSR count). The first-order chi connectivity index (χ1) is 5.22. The molecule has 0 saturated carbocycles. The smallest absolute Gasteiger partial charge is 0.0726 e. The van der Waals surface area contributed by atoms with Gasteiger partial charge in [0.15, 0.2) is 0 Å². The second kappa shape index (κ2) is 4.01. The Labute approximate surface area is 67.9 Å². The van der Waals surface area contributed by atoms with Gasteiger partial charge in [-0.05, 0) is 6.92 Å². The van der Waals surface area contributed by atoms with Crippen LogP contribution in [0.3, 0.4) is 0 Å². The Morgan fingerprint density at radius 2 is 1.82 bits per heavy atom. The second-order valence-corrected chi connectivity index (χ2v) is 3.14. The van der Waals surface area contributed by atoms with E-state index in [1.165, 1.54) is 0 Å². The lowest BCUT2D eigenvalue weighted by Gasteiger charge is -2.34. The molecule has 0 bridgehead atoms. The molecule has 4 heteroatoms. The number of nitrogens with two attached hydrogens (primary N) is 2. The Morgan fingerprint density at radius 1 is 1.27 bits per heavy atom. The zero-order valence-corrected chi connectivity index (χ0v) is 7.09. The Morgan fingerprint density at radius 3 is 2.27 bits per heavy atom. The van der Waals surface area contributed by atoms with Crippen LogP contribution in [0, 0.1) is 0 Å². The van der Waals surface area contributed by atoms with Gasteiger partial charge in [0.1, 0.15) is 0 Å². The van der Waals surface area contributed by atoms with Gasteiger partial charge >= 0.3 is 0 Å². The highest BCUT2D eigenvalue weighted by atomic mass is 15.3. The average molecular weight is 158 g/mol. The minimum absolute atomic E-state index is 0.0251. The van der Waals surface area contributed by atoms with Crippen molar-refractivity contribution in [1.82, 2.24) is 10.2 Å². The van der Waals surface area contributed by atoms with E-state index in [-0.39, 0.29) is 12.2 Å². The van der Waals surface area contributed by atoms with Crippen molar-refractivity contribution in [2.45, 2.75) is 19.1 Å². The van der Waals surface area contributed by atoms with Gasteiger partial charge in [-0.2, -0.15) is 0 Å². The molecule has 0 aliphatic carbocycles. The van der Waals surface area contributed by atoms with Crippen molar-refractivity contribution < 1.29 is 0 Å². The van der Waals surface area contributed by atoms with Crippen LogP contribution in [0.25, 0.3) is 0 Å². The lowest BCUT2D eigenvalue weighted by atomic mass is 10.2. The third kappa shape index (κ3) is 2.41. The van der Waals surface area contributed by atoms with E-state index < -0.39 is 0 Å². The molecule has 1 heterocycles. The molecule has 11 heavy (non-hydrogen) atoms. The third-order valence-electron chi connectivity index (χ3n) is 2.11. The van der Waals surface area contributed by atoms with Crippen LogP contribution in [0.15, 0.2) is 0 Å². The van der Waals surface area contributed by atoms with Gasteiger partial charge in [0.25, 0.3) is 0 Å². The van der Waals surface area contributed by atoms with Crippen LogP contribution in [0.4, 0.5) is 0 Å². The molecule has 1 aliphatic heterocycles. The molecule has 2 unspecified atom stereocenters. The number of piperazine rings is 1. The summed E-state index contributed by atoms with van der Waals surface area (Å²) in [7, 11) is 0. The molecule has 0 aromatic carbocycles. The van der Waals surface area contributed by atoms with E-state index in [4.69, 9.17) is 11.5 Å². The number of rotatable bonds is 2. The van der Waals surface area contributed by atoms with E-state index in [1.807, 2.05) is 6.92 Å². The molecule has 0 aromatic rings. The number of nitrogens with one attached hydrogen (secondary N) is 1. The lowest BCUT2D eigenvalue weighted by Crippen LogP contribution is -2.57. The molecule has 0 spiro atoms. The van der Waals surface area contributed by atoms with Crippen LogP contribution < -0.4 is 16.8 Å². The van der Waals surface area contributed by atoms with Gasteiger partial charge in [0.05, 0.1) is 6.17 Å². The highest BCUT2D eigenvalue weighted by Crippen LogP contribution is 1.98. The predicted molar refractivity (Wildman–Crippen MR) is 46.1 cm³/mol. The van der Waals surface area contributed by atoms with Gasteiger partial charge in [-0.25, -0.2) is 0 Å². The van der Waals surface area contributed by atoms with E-state index in [2.05, 4.69) is 10.2 Å². The maximum absolute atomic E-state index is 5.86. The summed E-state index contributed by atoms with van der Waals surface area (Å²) in [6, 6.07) is 0.0631. The molecule has 1 aliphatic rings. The van der Waals surface area contributed by atoms with Crippen molar-refractivity contribution in [3.8, 4) is 0 Å². The fourth-order valence-corrected chi connectivity index (χ4v) is 1.31. The molecule has 4 nitrogen and oxygen atoms in total. The maximum Gasteiger partial charge on any atom is 0.0726 e. The largest absolute Gasteiger partial charge is 0.325 e. The van der Waals surface area contributed by atoms with Gasteiger partial charge in [-0.3, -0.25) is 4.90 Å². The Hall–Kier alpha value is -0.160. The molecular formula is C7H18N4. The van der Waals surface area contributed by atoms with Crippen molar-refractivity contribution in [2.24, 2.45) is 11.5 Å². The van der Waals surface area contributed by atoms with Gasteiger partial charge < -0.3 is 16.8 Å². The fourth-order valence-electron chi connectivity index (χ4n) is 1.31. The summed E-state index contributed by atoms with van der Waals surface area (Å²) < 4.78 is 0. The summed E-state index contributed by atoms with van der Waals surface area (Å²) in [6.45, 7) is 6.04. The van der Waals surface area contributed by atoms with Crippen molar-refractivity contribution in [3.63, 3.8) is 0 Å². The van der Waals surface area contributed by atoms with E-state index in [0.29, 0.717) is 0 Å². The standard InChI is InChI=1S/C7H18N4/c1-6(8)7(9)11-4-2-10-3-5-11/h6-7,10H,2-5,8-9H2,1H3. The number of hydrogen-bond acceptors (Lipinski definition) is 4. The maximum atomic E-state index is 5.86. The Bertz CT molecular complexity index is 109. The monoisotopic (exact) mass is 158 g/mol. The Balaban J connectivity index is 2.32. The quantitative estimate of drug-likeness (QED) is 0.459. The summed E-state index contributed by atoms with van der Waals surface area (Å²) >= 11 is 0. The van der Waals surface area contributed by atoms with Crippen molar-refractivity contribution in [1.29, 1.82) is 0 Å². The zero-order chi connectivity index (χ0) is 8.27. The lowest BCUT2D eigenvalue weighted by molar-refractivity contribution is 0.159. The van der Waals surface area contributed by atoms with E-state index in [0.717, 1.165) is 26.2 Å². The van der Waals surface area contributed by atoms with E-state index in [1.54, 1.807) is 0 Å². The van der Waals surface area contributed by atoms with Crippen molar-refractivity contribution in [2.75, 3.05) is 26.2 Å². The van der Waals surface area contributed by atoms with Gasteiger partial charge in [0, 0.05) is 32.2 Å². The molecule has 0 amide bonds. The van der Waals surface area contributed by atoms with Crippen LogP contribution in [0.1, 0.15) is 6.92 Å². The average Bonchev–Trinajstić information content (AvgIpc) is 2.05. The van der Waals surface area contributed by atoms with Crippen LogP contribution in [0.5, 0.6) is 0 Å². The van der Waals surface area contributed by atoms with Crippen molar-refractivity contribution >= 4 is 0 Å². The SMILES string of the molecule is CC(N)C(N)N1CCNCC1. The van der Waals surface area contributed by atoms with Gasteiger partial charge in [-0.1, -0.05) is 0 Å². The van der Waals surface area contributed by atoms with Crippen LogP contribution >= 0.6 is 0 Å². The number of hydrogen-bond donors (Lipinski definition) is 3. The van der Waals surface area contributed by atoms with Gasteiger partial charge in [0.2, 0.25) is 0 Å². The molecule has 0 aromatic heterocycles. The summed E-state index contributed by atoms with van der Waals surface area (Å²) in [5.41, 5.74) is 11.5. The minimum atomic E-state index is 0.0251. The molecular weight excluding hydrogens is 140 g/mol. The zero-order valence-electron chi connectivity index (χ0n) is 7.09. The van der Waals surface area contributed by atoms with Crippen molar-refractivity contribution in [3.05, 3.63) is 0 Å². The normalized spacial score (nSPS) is 26.5. The van der Waals surface area contributed by atoms with E-state index in [9.17, 15) is 0 Å². The first-order valence-corrected chi connectivity index (χ1v) is 4.18. The number of nitrogens with zero attached hydrogens (tertiary/aromatic N) is 1. The first kappa shape index (κ1) is 8.93.